The smallest absolute Gasteiger partial charge is 0.0416 e. The van der Waals surface area contributed by atoms with Crippen molar-refractivity contribution in [3.8, 4) is 0 Å². The van der Waals surface area contributed by atoms with Crippen LogP contribution in [0.2, 0.25) is 44.9 Å². The lowest BCUT2D eigenvalue weighted by molar-refractivity contribution is 1.52. The predicted octanol–water partition coefficient (Wildman–Crippen LogP) is 3.84. The van der Waals surface area contributed by atoms with Crippen molar-refractivity contribution >= 4 is 16.1 Å². The molecule has 0 bridgehead atoms. The predicted molar refractivity (Wildman–Crippen MR) is 58.2 cm³/mol. The zero-order valence-electron chi connectivity index (χ0n) is 7.71. The van der Waals surface area contributed by atoms with Gasteiger partial charge in [0.2, 0.25) is 0 Å². The molecular formula is C8H24Si2. The van der Waals surface area contributed by atoms with E-state index >= 15 is 0 Å². The Morgan fingerprint density at radius 3 is 0.900 bits per heavy atom. The van der Waals surface area contributed by atoms with Gasteiger partial charge in [-0.3, -0.25) is 0 Å². The fourth-order valence-electron chi connectivity index (χ4n) is 1.59. The van der Waals surface area contributed by atoms with Gasteiger partial charge in [0.25, 0.3) is 0 Å². The van der Waals surface area contributed by atoms with Gasteiger partial charge in [0.15, 0.2) is 0 Å². The van der Waals surface area contributed by atoms with Gasteiger partial charge >= 0.3 is 0 Å². The molecule has 2 heteroatoms. The molecule has 0 radical (unpaired) electrons. The Kier molecular flexibility index (Phi) is 4.85. The normalized spacial score (nSPS) is 12.6. The summed E-state index contributed by atoms with van der Waals surface area (Å²) in [5.41, 5.74) is 1.57. The van der Waals surface area contributed by atoms with E-state index in [4.69, 9.17) is 0 Å². The number of hydrogen-bond donors (Lipinski definition) is 0. The second-order valence-corrected chi connectivity index (χ2v) is 17.0. The lowest BCUT2D eigenvalue weighted by atomic mass is 11.7. The Labute approximate surface area is 69.1 Å². The van der Waals surface area contributed by atoms with Crippen LogP contribution in [-0.2, 0) is 0 Å². The summed E-state index contributed by atoms with van der Waals surface area (Å²) < 4.78 is 0. The molecule has 0 aliphatic heterocycles. The zero-order valence-corrected chi connectivity index (χ0v) is 9.71. The first-order valence-electron chi connectivity index (χ1n) is 3.71. The first-order chi connectivity index (χ1) is 3.71. The largest absolute Gasteiger partial charge is 0.0776 e. The Bertz CT molecular complexity index is 72.4. The minimum absolute atomic E-state index is 0. The Hall–Kier alpha value is 0.434. The maximum atomic E-state index is 2.46. The van der Waals surface area contributed by atoms with Crippen LogP contribution in [0.1, 0.15) is 7.43 Å². The Morgan fingerprint density at radius 1 is 0.700 bits per heavy atom. The van der Waals surface area contributed by atoms with E-state index in [1.807, 2.05) is 0 Å². The second kappa shape index (κ2) is 3.72. The van der Waals surface area contributed by atoms with Gasteiger partial charge in [-0.1, -0.05) is 52.4 Å². The highest BCUT2D eigenvalue weighted by Gasteiger charge is 2.23. The molecule has 0 aromatic heterocycles. The molecule has 0 unspecified atom stereocenters. The van der Waals surface area contributed by atoms with Crippen molar-refractivity contribution in [2.45, 2.75) is 52.4 Å². The molecule has 10 heavy (non-hydrogen) atoms. The van der Waals surface area contributed by atoms with Crippen molar-refractivity contribution in [2.75, 3.05) is 0 Å². The van der Waals surface area contributed by atoms with Crippen molar-refractivity contribution in [2.24, 2.45) is 0 Å². The van der Waals surface area contributed by atoms with Gasteiger partial charge in [0.05, 0.1) is 0 Å². The van der Waals surface area contributed by atoms with Crippen LogP contribution in [-0.4, -0.2) is 16.1 Å². The topological polar surface area (TPSA) is 0 Å². The van der Waals surface area contributed by atoms with E-state index in [2.05, 4.69) is 39.3 Å². The van der Waals surface area contributed by atoms with E-state index in [-0.39, 0.29) is 7.43 Å². The van der Waals surface area contributed by atoms with Crippen molar-refractivity contribution in [3.63, 3.8) is 0 Å². The van der Waals surface area contributed by atoms with Crippen LogP contribution >= 0.6 is 0 Å². The molecule has 0 rings (SSSR count). The molecule has 0 saturated carbocycles. The highest BCUT2D eigenvalue weighted by atomic mass is 28.4. The standard InChI is InChI=1S/C7H20Si2.CH4/c1-8(2,3)7-9(4,5)6;/h7H2,1-6H3;1H4. The van der Waals surface area contributed by atoms with Crippen molar-refractivity contribution in [3.05, 3.63) is 0 Å². The third kappa shape index (κ3) is 11.3. The van der Waals surface area contributed by atoms with Gasteiger partial charge in [0.1, 0.15) is 0 Å². The zero-order chi connectivity index (χ0) is 7.71. The lowest BCUT2D eigenvalue weighted by Gasteiger charge is -2.25. The molecule has 0 fully saturated rings. The van der Waals surface area contributed by atoms with Crippen molar-refractivity contribution in [1.29, 1.82) is 0 Å². The fourth-order valence-corrected chi connectivity index (χ4v) is 14.3. The molecule has 0 amide bonds. The molecule has 0 nitrogen and oxygen atoms in total. The van der Waals surface area contributed by atoms with E-state index < -0.39 is 16.1 Å². The molecule has 0 aromatic rings. The fraction of sp³-hybridized carbons (Fsp3) is 1.00. The van der Waals surface area contributed by atoms with Gasteiger partial charge in [-0.05, 0) is 0 Å². The highest BCUT2D eigenvalue weighted by Crippen LogP contribution is 2.18. The molecule has 0 aromatic carbocycles. The molecule has 0 aliphatic rings. The van der Waals surface area contributed by atoms with Crippen LogP contribution in [0.25, 0.3) is 0 Å². The summed E-state index contributed by atoms with van der Waals surface area (Å²) in [6.07, 6.45) is 0. The first kappa shape index (κ1) is 13.1. The average Bonchev–Trinajstić information content (AvgIpc) is 1.14. The van der Waals surface area contributed by atoms with E-state index in [0.717, 1.165) is 0 Å². The monoisotopic (exact) mass is 176 g/mol. The van der Waals surface area contributed by atoms with Gasteiger partial charge in [-0.25, -0.2) is 0 Å². The average molecular weight is 176 g/mol. The molecule has 0 spiro atoms. The van der Waals surface area contributed by atoms with Crippen LogP contribution in [0, 0.1) is 0 Å². The lowest BCUT2D eigenvalue weighted by Crippen LogP contribution is -2.34. The number of hydrogen-bond acceptors (Lipinski definition) is 0. The Balaban J connectivity index is 0. The molecule has 0 atom stereocenters. The third-order valence-corrected chi connectivity index (χ3v) is 9.55. The second-order valence-electron chi connectivity index (χ2n) is 5.30. The SMILES string of the molecule is C.C[Si](C)(C)C[Si](C)(C)C. The van der Waals surface area contributed by atoms with E-state index in [0.29, 0.717) is 0 Å². The molecule has 0 saturated heterocycles. The summed E-state index contributed by atoms with van der Waals surface area (Å²) in [6.45, 7) is 14.8. The van der Waals surface area contributed by atoms with E-state index in [1.165, 1.54) is 0 Å². The molecule has 0 N–H and O–H groups in total. The summed E-state index contributed by atoms with van der Waals surface area (Å²) in [5, 5.41) is 0. The van der Waals surface area contributed by atoms with Gasteiger partial charge < -0.3 is 0 Å². The van der Waals surface area contributed by atoms with E-state index in [9.17, 15) is 0 Å². The van der Waals surface area contributed by atoms with Crippen LogP contribution in [0.5, 0.6) is 0 Å². The Morgan fingerprint density at radius 2 is 0.900 bits per heavy atom. The maximum Gasteiger partial charge on any atom is 0.0416 e. The third-order valence-electron chi connectivity index (χ3n) is 1.06. The quantitative estimate of drug-likeness (QED) is 0.561. The van der Waals surface area contributed by atoms with Crippen molar-refractivity contribution in [1.82, 2.24) is 0 Å². The summed E-state index contributed by atoms with van der Waals surface area (Å²) in [6, 6.07) is 0. The summed E-state index contributed by atoms with van der Waals surface area (Å²) in [7, 11) is -1.46. The van der Waals surface area contributed by atoms with Crippen LogP contribution in [0.3, 0.4) is 0 Å². The maximum absolute atomic E-state index is 2.46. The van der Waals surface area contributed by atoms with Gasteiger partial charge in [0, 0.05) is 16.1 Å². The summed E-state index contributed by atoms with van der Waals surface area (Å²) in [4.78, 5) is 0. The summed E-state index contributed by atoms with van der Waals surface area (Å²) >= 11 is 0. The van der Waals surface area contributed by atoms with E-state index in [1.54, 1.807) is 5.67 Å². The first-order valence-corrected chi connectivity index (χ1v) is 11.1. The molecule has 0 aliphatic carbocycles. The summed E-state index contributed by atoms with van der Waals surface area (Å²) in [5.74, 6) is 0. The molecule has 64 valence electrons. The van der Waals surface area contributed by atoms with Crippen LogP contribution < -0.4 is 0 Å². The highest BCUT2D eigenvalue weighted by molar-refractivity contribution is 6.94. The number of rotatable bonds is 2. The minimum atomic E-state index is -0.731. The van der Waals surface area contributed by atoms with Crippen molar-refractivity contribution < 1.29 is 0 Å². The van der Waals surface area contributed by atoms with Gasteiger partial charge in [-0.2, -0.15) is 0 Å². The van der Waals surface area contributed by atoms with Crippen LogP contribution in [0.15, 0.2) is 0 Å². The minimum Gasteiger partial charge on any atom is -0.0776 e. The van der Waals surface area contributed by atoms with Gasteiger partial charge in [-0.15, -0.1) is 0 Å². The molecular weight excluding hydrogens is 152 g/mol. The molecule has 0 heterocycles. The van der Waals surface area contributed by atoms with Crippen LogP contribution in [0.4, 0.5) is 0 Å².